The highest BCUT2D eigenvalue weighted by atomic mass is 16.4. The summed E-state index contributed by atoms with van der Waals surface area (Å²) in [7, 11) is 0. The molecule has 1 heterocycles. The van der Waals surface area contributed by atoms with Crippen LogP contribution in [0.25, 0.3) is 0 Å². The summed E-state index contributed by atoms with van der Waals surface area (Å²) >= 11 is 0. The van der Waals surface area contributed by atoms with Gasteiger partial charge < -0.3 is 14.8 Å². The first-order chi connectivity index (χ1) is 11.0. The molecule has 0 saturated carbocycles. The highest BCUT2D eigenvalue weighted by Gasteiger charge is 2.36. The topological polar surface area (TPSA) is 79.5 Å². The van der Waals surface area contributed by atoms with Crippen LogP contribution >= 0.6 is 0 Å². The quantitative estimate of drug-likeness (QED) is 0.821. The summed E-state index contributed by atoms with van der Waals surface area (Å²) < 4.78 is 5.17. The van der Waals surface area contributed by atoms with Crippen molar-refractivity contribution in [2.75, 3.05) is 0 Å². The number of amides is 1. The predicted molar refractivity (Wildman–Crippen MR) is 86.2 cm³/mol. The molecule has 122 valence electrons. The van der Waals surface area contributed by atoms with Crippen LogP contribution in [-0.4, -0.2) is 17.0 Å². The summed E-state index contributed by atoms with van der Waals surface area (Å²) in [5.74, 6) is -0.912. The van der Waals surface area contributed by atoms with E-state index in [4.69, 9.17) is 9.52 Å². The molecule has 5 nitrogen and oxygen atoms in total. The van der Waals surface area contributed by atoms with Gasteiger partial charge in [-0.1, -0.05) is 44.2 Å². The summed E-state index contributed by atoms with van der Waals surface area (Å²) in [6.45, 7) is 4.15. The third kappa shape index (κ3) is 3.44. The van der Waals surface area contributed by atoms with Crippen molar-refractivity contribution in [1.82, 2.24) is 5.32 Å². The third-order valence-corrected chi connectivity index (χ3v) is 4.26. The zero-order valence-electron chi connectivity index (χ0n) is 13.3. The van der Waals surface area contributed by atoms with Gasteiger partial charge in [0.15, 0.2) is 0 Å². The average Bonchev–Trinajstić information content (AvgIpc) is 3.05. The molecule has 1 aromatic carbocycles. The molecule has 2 rings (SSSR count). The van der Waals surface area contributed by atoms with E-state index in [1.54, 1.807) is 6.07 Å². The molecule has 5 heteroatoms. The molecular formula is C18H21NO4. The minimum atomic E-state index is -1.12. The number of nitrogens with one attached hydrogen (secondary N) is 1. The number of rotatable bonds is 7. The van der Waals surface area contributed by atoms with Gasteiger partial charge in [-0.3, -0.25) is 4.79 Å². The van der Waals surface area contributed by atoms with E-state index >= 15 is 0 Å². The van der Waals surface area contributed by atoms with E-state index in [-0.39, 0.29) is 18.2 Å². The van der Waals surface area contributed by atoms with E-state index in [1.807, 2.05) is 44.2 Å². The zero-order valence-corrected chi connectivity index (χ0v) is 13.3. The monoisotopic (exact) mass is 315 g/mol. The summed E-state index contributed by atoms with van der Waals surface area (Å²) in [6, 6.07) is 12.6. The number of furan rings is 1. The van der Waals surface area contributed by atoms with Crippen molar-refractivity contribution < 1.29 is 19.1 Å². The van der Waals surface area contributed by atoms with Crippen LogP contribution in [-0.2, 0) is 16.8 Å². The molecule has 0 spiro atoms. The Balaban J connectivity index is 2.14. The predicted octanol–water partition coefficient (Wildman–Crippen LogP) is 3.35. The normalized spacial score (nSPS) is 11.2. The van der Waals surface area contributed by atoms with E-state index in [0.29, 0.717) is 18.6 Å². The number of hydrogen-bond donors (Lipinski definition) is 2. The highest BCUT2D eigenvalue weighted by molar-refractivity contribution is 5.88. The molecule has 0 aliphatic rings. The molecule has 0 unspecified atom stereocenters. The van der Waals surface area contributed by atoms with Crippen LogP contribution in [0.5, 0.6) is 0 Å². The van der Waals surface area contributed by atoms with Gasteiger partial charge in [0.2, 0.25) is 11.7 Å². The molecule has 0 fully saturated rings. The molecule has 0 saturated heterocycles. The van der Waals surface area contributed by atoms with Crippen LogP contribution in [0.1, 0.15) is 48.6 Å². The van der Waals surface area contributed by atoms with Crippen molar-refractivity contribution in [2.45, 2.75) is 38.6 Å². The second kappa shape index (κ2) is 7.13. The summed E-state index contributed by atoms with van der Waals surface area (Å²) in [6.07, 6.45) is 1.36. The molecule has 0 radical (unpaired) electrons. The Morgan fingerprint density at radius 2 is 1.74 bits per heavy atom. The lowest BCUT2D eigenvalue weighted by Crippen LogP contribution is -2.43. The van der Waals surface area contributed by atoms with Gasteiger partial charge in [-0.05, 0) is 30.5 Å². The van der Waals surface area contributed by atoms with Crippen LogP contribution < -0.4 is 5.32 Å². The molecule has 1 amide bonds. The Morgan fingerprint density at radius 3 is 2.26 bits per heavy atom. The van der Waals surface area contributed by atoms with Gasteiger partial charge in [0, 0.05) is 0 Å². The Morgan fingerprint density at radius 1 is 1.09 bits per heavy atom. The first-order valence-electron chi connectivity index (χ1n) is 7.69. The SMILES string of the molecule is CCC(CC)(C(=O)NCc1ccc(C(=O)O)o1)c1ccccc1. The van der Waals surface area contributed by atoms with Crippen molar-refractivity contribution in [3.05, 3.63) is 59.5 Å². The molecule has 0 aliphatic heterocycles. The van der Waals surface area contributed by atoms with Crippen molar-refractivity contribution in [2.24, 2.45) is 0 Å². The van der Waals surface area contributed by atoms with Gasteiger partial charge in [0.25, 0.3) is 0 Å². The second-order valence-electron chi connectivity index (χ2n) is 5.41. The maximum atomic E-state index is 12.8. The van der Waals surface area contributed by atoms with E-state index in [1.165, 1.54) is 6.07 Å². The van der Waals surface area contributed by atoms with Crippen molar-refractivity contribution in [3.63, 3.8) is 0 Å². The zero-order chi connectivity index (χ0) is 16.9. The van der Waals surface area contributed by atoms with Gasteiger partial charge in [-0.15, -0.1) is 0 Å². The Kier molecular flexibility index (Phi) is 5.21. The molecule has 1 aromatic heterocycles. The molecule has 2 N–H and O–H groups in total. The maximum absolute atomic E-state index is 12.8. The van der Waals surface area contributed by atoms with Gasteiger partial charge in [0.1, 0.15) is 5.76 Å². The second-order valence-corrected chi connectivity index (χ2v) is 5.41. The van der Waals surface area contributed by atoms with Crippen molar-refractivity contribution in [3.8, 4) is 0 Å². The smallest absolute Gasteiger partial charge is 0.371 e. The number of carbonyl (C=O) groups excluding carboxylic acids is 1. The van der Waals surface area contributed by atoms with Crippen molar-refractivity contribution in [1.29, 1.82) is 0 Å². The summed E-state index contributed by atoms with van der Waals surface area (Å²) in [4.78, 5) is 23.6. The summed E-state index contributed by atoms with van der Waals surface area (Å²) in [5.41, 5.74) is 0.386. The molecule has 0 bridgehead atoms. The molecule has 0 atom stereocenters. The summed E-state index contributed by atoms with van der Waals surface area (Å²) in [5, 5.41) is 11.7. The Hall–Kier alpha value is -2.56. The van der Waals surface area contributed by atoms with E-state index in [0.717, 1.165) is 5.56 Å². The Labute approximate surface area is 135 Å². The fraction of sp³-hybridized carbons (Fsp3) is 0.333. The van der Waals surface area contributed by atoms with Gasteiger partial charge in [-0.25, -0.2) is 4.79 Å². The fourth-order valence-corrected chi connectivity index (χ4v) is 2.79. The van der Waals surface area contributed by atoms with Crippen LogP contribution in [0.2, 0.25) is 0 Å². The number of hydrogen-bond acceptors (Lipinski definition) is 3. The number of carboxylic acid groups (broad SMARTS) is 1. The molecule has 2 aromatic rings. The third-order valence-electron chi connectivity index (χ3n) is 4.26. The average molecular weight is 315 g/mol. The molecule has 23 heavy (non-hydrogen) atoms. The fourth-order valence-electron chi connectivity index (χ4n) is 2.79. The first-order valence-corrected chi connectivity index (χ1v) is 7.69. The lowest BCUT2D eigenvalue weighted by molar-refractivity contribution is -0.127. The highest BCUT2D eigenvalue weighted by Crippen LogP contribution is 2.32. The van der Waals surface area contributed by atoms with Crippen LogP contribution in [0.3, 0.4) is 0 Å². The number of carbonyl (C=O) groups is 2. The van der Waals surface area contributed by atoms with E-state index in [9.17, 15) is 9.59 Å². The standard InChI is InChI=1S/C18H21NO4/c1-3-18(4-2,13-8-6-5-7-9-13)17(22)19-12-14-10-11-15(23-14)16(20)21/h5-11H,3-4,12H2,1-2H3,(H,19,22)(H,20,21). The lowest BCUT2D eigenvalue weighted by atomic mass is 9.75. The number of aromatic carboxylic acids is 1. The minimum Gasteiger partial charge on any atom is -0.475 e. The van der Waals surface area contributed by atoms with Gasteiger partial charge >= 0.3 is 5.97 Å². The number of carboxylic acids is 1. The van der Waals surface area contributed by atoms with E-state index < -0.39 is 11.4 Å². The van der Waals surface area contributed by atoms with Crippen molar-refractivity contribution >= 4 is 11.9 Å². The van der Waals surface area contributed by atoms with Crippen LogP contribution in [0.4, 0.5) is 0 Å². The molecule has 0 aliphatic carbocycles. The van der Waals surface area contributed by atoms with Crippen LogP contribution in [0, 0.1) is 0 Å². The largest absolute Gasteiger partial charge is 0.475 e. The first kappa shape index (κ1) is 16.8. The van der Waals surface area contributed by atoms with Gasteiger partial charge in [-0.2, -0.15) is 0 Å². The number of benzene rings is 1. The van der Waals surface area contributed by atoms with Crippen LogP contribution in [0.15, 0.2) is 46.9 Å². The lowest BCUT2D eigenvalue weighted by Gasteiger charge is -2.30. The van der Waals surface area contributed by atoms with E-state index in [2.05, 4.69) is 5.32 Å². The molecular weight excluding hydrogens is 294 g/mol. The maximum Gasteiger partial charge on any atom is 0.371 e. The Bertz CT molecular complexity index is 671. The minimum absolute atomic E-state index is 0.0815. The van der Waals surface area contributed by atoms with Gasteiger partial charge in [0.05, 0.1) is 12.0 Å².